The van der Waals surface area contributed by atoms with Gasteiger partial charge in [0.2, 0.25) is 0 Å². The zero-order valence-corrected chi connectivity index (χ0v) is 25.0. The Balaban J connectivity index is 2.21. The molecule has 0 atom stereocenters. The van der Waals surface area contributed by atoms with Crippen LogP contribution in [0.25, 0.3) is 5.57 Å². The van der Waals surface area contributed by atoms with E-state index in [9.17, 15) is 4.79 Å². The first kappa shape index (κ1) is 32.2. The number of hydrogen-bond acceptors (Lipinski definition) is 3. The fourth-order valence-corrected chi connectivity index (χ4v) is 4.66. The Morgan fingerprint density at radius 2 is 1.36 bits per heavy atom. The number of benzene rings is 2. The standard InChI is InChI=1S/C35H51N3O/c1-6-11-14-15-30-16-22-34(23-17-30)35(39)38(27-26-37(24-12-7-2)25-13-8-3)29-31-18-20-33(21-19-31)32(9-4)28-36-10-5/h9-10,16-23,28H,5-8,11-15,24-27,29H2,1-4H3/b32-9+,36-28?. The van der Waals surface area contributed by atoms with Crippen LogP contribution in [0, 0.1) is 0 Å². The molecule has 4 nitrogen and oxygen atoms in total. The molecule has 0 heterocycles. The minimum atomic E-state index is 0.109. The van der Waals surface area contributed by atoms with Crippen LogP contribution in [0.1, 0.15) is 99.7 Å². The summed E-state index contributed by atoms with van der Waals surface area (Å²) in [6, 6.07) is 16.8. The number of allylic oxidation sites excluding steroid dienone is 2. The molecule has 0 aliphatic rings. The molecule has 0 saturated carbocycles. The largest absolute Gasteiger partial charge is 0.333 e. The minimum Gasteiger partial charge on any atom is -0.333 e. The van der Waals surface area contributed by atoms with Crippen molar-refractivity contribution in [2.24, 2.45) is 4.99 Å². The van der Waals surface area contributed by atoms with E-state index < -0.39 is 0 Å². The van der Waals surface area contributed by atoms with E-state index in [1.807, 2.05) is 36.2 Å². The zero-order valence-electron chi connectivity index (χ0n) is 25.0. The fourth-order valence-electron chi connectivity index (χ4n) is 4.66. The number of unbranched alkanes of at least 4 members (excludes halogenated alkanes) is 4. The van der Waals surface area contributed by atoms with Gasteiger partial charge in [0.1, 0.15) is 0 Å². The fraction of sp³-hybridized carbons (Fsp3) is 0.486. The molecule has 0 bridgehead atoms. The van der Waals surface area contributed by atoms with E-state index in [-0.39, 0.29) is 5.91 Å². The molecule has 0 aromatic heterocycles. The third kappa shape index (κ3) is 11.7. The lowest BCUT2D eigenvalue weighted by Gasteiger charge is -2.28. The van der Waals surface area contributed by atoms with Gasteiger partial charge in [0.05, 0.1) is 0 Å². The first-order valence-corrected chi connectivity index (χ1v) is 15.1. The molecule has 212 valence electrons. The third-order valence-electron chi connectivity index (χ3n) is 7.19. The third-order valence-corrected chi connectivity index (χ3v) is 7.19. The summed E-state index contributed by atoms with van der Waals surface area (Å²) in [5.74, 6) is 0.109. The Labute approximate surface area is 238 Å². The van der Waals surface area contributed by atoms with Crippen molar-refractivity contribution in [3.8, 4) is 0 Å². The lowest BCUT2D eigenvalue weighted by Crippen LogP contribution is -2.39. The number of nitrogens with zero attached hydrogens (tertiary/aromatic N) is 3. The van der Waals surface area contributed by atoms with Gasteiger partial charge in [-0.15, -0.1) is 0 Å². The van der Waals surface area contributed by atoms with Crippen LogP contribution >= 0.6 is 0 Å². The van der Waals surface area contributed by atoms with Crippen molar-refractivity contribution in [2.75, 3.05) is 26.2 Å². The second kappa shape index (κ2) is 19.1. The number of aliphatic imine (C=N–C) groups is 1. The highest BCUT2D eigenvalue weighted by molar-refractivity contribution is 6.09. The van der Waals surface area contributed by atoms with Crippen LogP contribution in [-0.4, -0.2) is 48.1 Å². The summed E-state index contributed by atoms with van der Waals surface area (Å²) in [6.07, 6.45) is 14.9. The molecule has 0 spiro atoms. The van der Waals surface area contributed by atoms with Crippen molar-refractivity contribution in [1.82, 2.24) is 9.80 Å². The summed E-state index contributed by atoms with van der Waals surface area (Å²) in [5, 5.41) is 0. The van der Waals surface area contributed by atoms with E-state index in [0.29, 0.717) is 6.54 Å². The van der Waals surface area contributed by atoms with Crippen molar-refractivity contribution in [3.05, 3.63) is 89.6 Å². The highest BCUT2D eigenvalue weighted by Gasteiger charge is 2.18. The maximum Gasteiger partial charge on any atom is 0.254 e. The maximum atomic E-state index is 13.8. The predicted octanol–water partition coefficient (Wildman–Crippen LogP) is 8.58. The molecular weight excluding hydrogens is 478 g/mol. The normalized spacial score (nSPS) is 11.9. The van der Waals surface area contributed by atoms with E-state index in [1.165, 1.54) is 50.5 Å². The molecule has 0 saturated heterocycles. The number of carbonyl (C=O) groups excluding carboxylic acids is 1. The van der Waals surface area contributed by atoms with Crippen molar-refractivity contribution in [3.63, 3.8) is 0 Å². The highest BCUT2D eigenvalue weighted by atomic mass is 16.2. The Bertz CT molecular complexity index is 1010. The average Bonchev–Trinajstić information content (AvgIpc) is 2.97. The van der Waals surface area contributed by atoms with Crippen LogP contribution in [0.15, 0.2) is 72.4 Å². The number of carbonyl (C=O) groups is 1. The van der Waals surface area contributed by atoms with Gasteiger partial charge in [-0.25, -0.2) is 0 Å². The highest BCUT2D eigenvalue weighted by Crippen LogP contribution is 2.17. The Kier molecular flexibility index (Phi) is 15.8. The van der Waals surface area contributed by atoms with Gasteiger partial charge >= 0.3 is 0 Å². The predicted molar refractivity (Wildman–Crippen MR) is 169 cm³/mol. The molecule has 2 aromatic carbocycles. The van der Waals surface area contributed by atoms with Gasteiger partial charge in [0, 0.05) is 37.6 Å². The van der Waals surface area contributed by atoms with Gasteiger partial charge in [0.15, 0.2) is 0 Å². The second-order valence-corrected chi connectivity index (χ2v) is 10.3. The molecule has 0 radical (unpaired) electrons. The SMILES string of the molecule is C=CN=C/C(=C\C)c1ccc(CN(CCN(CCCC)CCCC)C(=O)c2ccc(CCCCC)cc2)cc1. The number of amides is 1. The van der Waals surface area contributed by atoms with Crippen molar-refractivity contribution < 1.29 is 4.79 Å². The Morgan fingerprint density at radius 3 is 1.92 bits per heavy atom. The summed E-state index contributed by atoms with van der Waals surface area (Å²) < 4.78 is 0. The van der Waals surface area contributed by atoms with E-state index in [1.54, 1.807) is 6.20 Å². The van der Waals surface area contributed by atoms with Gasteiger partial charge < -0.3 is 9.80 Å². The summed E-state index contributed by atoms with van der Waals surface area (Å²) in [4.78, 5) is 22.5. The van der Waals surface area contributed by atoms with Gasteiger partial charge in [-0.3, -0.25) is 9.79 Å². The number of rotatable bonds is 19. The summed E-state index contributed by atoms with van der Waals surface area (Å²) in [5.41, 5.74) is 5.38. The van der Waals surface area contributed by atoms with Crippen molar-refractivity contribution in [2.45, 2.75) is 85.6 Å². The van der Waals surface area contributed by atoms with Crippen LogP contribution < -0.4 is 0 Å². The van der Waals surface area contributed by atoms with E-state index in [2.05, 4.69) is 73.6 Å². The maximum absolute atomic E-state index is 13.8. The molecule has 0 N–H and O–H groups in total. The first-order chi connectivity index (χ1) is 19.1. The molecular formula is C35H51N3O. The second-order valence-electron chi connectivity index (χ2n) is 10.3. The monoisotopic (exact) mass is 529 g/mol. The Morgan fingerprint density at radius 1 is 0.769 bits per heavy atom. The van der Waals surface area contributed by atoms with Gasteiger partial charge in [0.25, 0.3) is 5.91 Å². The summed E-state index contributed by atoms with van der Waals surface area (Å²) in [7, 11) is 0. The van der Waals surface area contributed by atoms with Crippen LogP contribution in [0.4, 0.5) is 0 Å². The molecule has 0 aliphatic carbocycles. The molecule has 2 aromatic rings. The van der Waals surface area contributed by atoms with Crippen LogP contribution in [-0.2, 0) is 13.0 Å². The minimum absolute atomic E-state index is 0.109. The molecule has 1 amide bonds. The molecule has 0 fully saturated rings. The van der Waals surface area contributed by atoms with Gasteiger partial charge in [-0.05, 0) is 80.1 Å². The van der Waals surface area contributed by atoms with Gasteiger partial charge in [-0.2, -0.15) is 0 Å². The summed E-state index contributed by atoms with van der Waals surface area (Å²) >= 11 is 0. The topological polar surface area (TPSA) is 35.9 Å². The van der Waals surface area contributed by atoms with Crippen molar-refractivity contribution >= 4 is 17.7 Å². The van der Waals surface area contributed by atoms with E-state index in [4.69, 9.17) is 0 Å². The molecule has 0 aliphatic heterocycles. The Hall–Kier alpha value is -2.98. The lowest BCUT2D eigenvalue weighted by atomic mass is 10.0. The molecule has 2 rings (SSSR count). The average molecular weight is 530 g/mol. The molecule has 4 heteroatoms. The quantitative estimate of drug-likeness (QED) is 0.135. The van der Waals surface area contributed by atoms with E-state index >= 15 is 0 Å². The molecule has 39 heavy (non-hydrogen) atoms. The smallest absolute Gasteiger partial charge is 0.254 e. The summed E-state index contributed by atoms with van der Waals surface area (Å²) in [6.45, 7) is 16.8. The van der Waals surface area contributed by atoms with Crippen LogP contribution in [0.2, 0.25) is 0 Å². The van der Waals surface area contributed by atoms with Gasteiger partial charge in [-0.1, -0.05) is 95.5 Å². The number of aryl methyl sites for hydroxylation is 1. The first-order valence-electron chi connectivity index (χ1n) is 15.1. The molecule has 0 unspecified atom stereocenters. The zero-order chi connectivity index (χ0) is 28.3. The lowest BCUT2D eigenvalue weighted by molar-refractivity contribution is 0.0720. The number of hydrogen-bond donors (Lipinski definition) is 0. The van der Waals surface area contributed by atoms with E-state index in [0.717, 1.165) is 54.9 Å². The van der Waals surface area contributed by atoms with Crippen LogP contribution in [0.5, 0.6) is 0 Å². The van der Waals surface area contributed by atoms with Crippen LogP contribution in [0.3, 0.4) is 0 Å². The van der Waals surface area contributed by atoms with Crippen molar-refractivity contribution in [1.29, 1.82) is 0 Å².